The normalized spacial score (nSPS) is 12.2. The Hall–Kier alpha value is -1.81. The Bertz CT molecular complexity index is 698. The van der Waals surface area contributed by atoms with Crippen molar-refractivity contribution < 1.29 is 14.3 Å². The van der Waals surface area contributed by atoms with Gasteiger partial charge in [-0.3, -0.25) is 0 Å². The molecule has 0 saturated carbocycles. The lowest BCUT2D eigenvalue weighted by Gasteiger charge is -2.05. The van der Waals surface area contributed by atoms with Crippen molar-refractivity contribution in [3.8, 4) is 0 Å². The molecule has 0 unspecified atom stereocenters. The van der Waals surface area contributed by atoms with Crippen LogP contribution in [0.25, 0.3) is 0 Å². The van der Waals surface area contributed by atoms with Gasteiger partial charge in [0.25, 0.3) is 0 Å². The molecule has 0 aliphatic rings. The Kier molecular flexibility index (Phi) is 10.0. The Balaban J connectivity index is 2.45. The third-order valence-corrected chi connectivity index (χ3v) is 4.97. The summed E-state index contributed by atoms with van der Waals surface area (Å²) in [7, 11) is 0. The highest BCUT2D eigenvalue weighted by Gasteiger charge is 2.11. The Morgan fingerprint density at radius 2 is 1.65 bits per heavy atom. The second-order valence-corrected chi connectivity index (χ2v) is 7.78. The molecule has 0 heterocycles. The van der Waals surface area contributed by atoms with Gasteiger partial charge in [-0.1, -0.05) is 34.9 Å². The van der Waals surface area contributed by atoms with Crippen molar-refractivity contribution in [1.29, 1.82) is 0 Å². The third kappa shape index (κ3) is 9.04. The molecule has 0 atom stereocenters. The molecule has 0 aromatic heterocycles. The van der Waals surface area contributed by atoms with E-state index in [-0.39, 0.29) is 5.56 Å². The highest BCUT2D eigenvalue weighted by molar-refractivity contribution is 7.99. The van der Waals surface area contributed by atoms with E-state index >= 15 is 0 Å². The standard InChI is InChI=1S/C22H29FO2S/c1-16(2)7-5-8-17(3)9-6-10-18(4)13-14-26-21-12-11-19(23)15-20(21)22(24)25/h7,9,11-13,15H,5-6,8,10,14H2,1-4H3,(H,24,25). The number of carboxylic acid groups (broad SMARTS) is 1. The first-order valence-electron chi connectivity index (χ1n) is 8.90. The van der Waals surface area contributed by atoms with Crippen LogP contribution in [0.5, 0.6) is 0 Å². The maximum atomic E-state index is 13.2. The van der Waals surface area contributed by atoms with Crippen molar-refractivity contribution in [3.05, 3.63) is 64.5 Å². The predicted molar refractivity (Wildman–Crippen MR) is 109 cm³/mol. The number of benzene rings is 1. The lowest BCUT2D eigenvalue weighted by Crippen LogP contribution is -1.99. The van der Waals surface area contributed by atoms with Gasteiger partial charge in [-0.2, -0.15) is 0 Å². The molecule has 0 amide bonds. The molecule has 1 aromatic carbocycles. The van der Waals surface area contributed by atoms with Crippen LogP contribution in [0.3, 0.4) is 0 Å². The number of thioether (sulfide) groups is 1. The van der Waals surface area contributed by atoms with Crippen molar-refractivity contribution in [2.45, 2.75) is 58.3 Å². The molecule has 2 nitrogen and oxygen atoms in total. The van der Waals surface area contributed by atoms with Crippen molar-refractivity contribution >= 4 is 17.7 Å². The van der Waals surface area contributed by atoms with Crippen LogP contribution >= 0.6 is 11.8 Å². The van der Waals surface area contributed by atoms with Crippen LogP contribution < -0.4 is 0 Å². The maximum Gasteiger partial charge on any atom is 0.336 e. The summed E-state index contributed by atoms with van der Waals surface area (Å²) in [6.07, 6.45) is 10.9. The third-order valence-electron chi connectivity index (χ3n) is 3.97. The first-order chi connectivity index (χ1) is 12.3. The molecule has 26 heavy (non-hydrogen) atoms. The van der Waals surface area contributed by atoms with Crippen molar-refractivity contribution in [3.63, 3.8) is 0 Å². The highest BCUT2D eigenvalue weighted by Crippen LogP contribution is 2.24. The molecule has 0 bridgehead atoms. The van der Waals surface area contributed by atoms with Gasteiger partial charge in [-0.25, -0.2) is 9.18 Å². The minimum atomic E-state index is -1.10. The van der Waals surface area contributed by atoms with Gasteiger partial charge in [0.1, 0.15) is 5.82 Å². The van der Waals surface area contributed by atoms with Crippen molar-refractivity contribution in [2.24, 2.45) is 0 Å². The quantitative estimate of drug-likeness (QED) is 0.351. The minimum absolute atomic E-state index is 0.0241. The molecule has 0 fully saturated rings. The van der Waals surface area contributed by atoms with Crippen LogP contribution in [0, 0.1) is 5.82 Å². The number of rotatable bonds is 10. The largest absolute Gasteiger partial charge is 0.478 e. The molecule has 1 N–H and O–H groups in total. The predicted octanol–water partition coefficient (Wildman–Crippen LogP) is 7.04. The van der Waals surface area contributed by atoms with Crippen LogP contribution in [0.15, 0.2) is 58.0 Å². The average Bonchev–Trinajstić information content (AvgIpc) is 2.55. The second-order valence-electron chi connectivity index (χ2n) is 6.72. The number of allylic oxidation sites excluding steroid dienone is 5. The zero-order valence-corrected chi connectivity index (χ0v) is 17.0. The molecule has 1 aromatic rings. The van der Waals surface area contributed by atoms with Crippen LogP contribution in [0.4, 0.5) is 4.39 Å². The Morgan fingerprint density at radius 3 is 2.27 bits per heavy atom. The molecule has 142 valence electrons. The number of halogens is 1. The Morgan fingerprint density at radius 1 is 1.04 bits per heavy atom. The molecule has 0 spiro atoms. The maximum absolute atomic E-state index is 13.2. The van der Waals surface area contributed by atoms with Gasteiger partial charge >= 0.3 is 5.97 Å². The zero-order chi connectivity index (χ0) is 19.5. The summed E-state index contributed by atoms with van der Waals surface area (Å²) in [5, 5.41) is 9.15. The van der Waals surface area contributed by atoms with Gasteiger partial charge in [0.2, 0.25) is 0 Å². The van der Waals surface area contributed by atoms with E-state index in [9.17, 15) is 9.18 Å². The first-order valence-corrected chi connectivity index (χ1v) is 9.88. The number of hydrogen-bond donors (Lipinski definition) is 1. The highest BCUT2D eigenvalue weighted by atomic mass is 32.2. The van der Waals surface area contributed by atoms with E-state index in [2.05, 4.69) is 45.9 Å². The molecule has 4 heteroatoms. The number of carbonyl (C=O) groups is 1. The topological polar surface area (TPSA) is 37.3 Å². The fourth-order valence-electron chi connectivity index (χ4n) is 2.41. The van der Waals surface area contributed by atoms with Gasteiger partial charge in [-0.05, 0) is 71.6 Å². The second kappa shape index (κ2) is 11.7. The van der Waals surface area contributed by atoms with Crippen LogP contribution in [0.2, 0.25) is 0 Å². The molecular formula is C22H29FO2S. The van der Waals surface area contributed by atoms with E-state index in [1.165, 1.54) is 40.6 Å². The lowest BCUT2D eigenvalue weighted by molar-refractivity contribution is 0.0692. The molecule has 0 saturated heterocycles. The molecular weight excluding hydrogens is 347 g/mol. The number of hydrogen-bond acceptors (Lipinski definition) is 2. The van der Waals surface area contributed by atoms with E-state index < -0.39 is 11.8 Å². The monoisotopic (exact) mass is 376 g/mol. The van der Waals surface area contributed by atoms with E-state index in [1.807, 2.05) is 0 Å². The van der Waals surface area contributed by atoms with Gasteiger partial charge in [0, 0.05) is 10.6 Å². The van der Waals surface area contributed by atoms with Crippen molar-refractivity contribution in [2.75, 3.05) is 5.75 Å². The lowest BCUT2D eigenvalue weighted by atomic mass is 10.1. The number of carboxylic acids is 1. The summed E-state index contributed by atoms with van der Waals surface area (Å²) >= 11 is 1.42. The summed E-state index contributed by atoms with van der Waals surface area (Å²) in [5.74, 6) is -0.937. The van der Waals surface area contributed by atoms with Gasteiger partial charge in [0.05, 0.1) is 5.56 Å². The molecule has 0 aliphatic heterocycles. The van der Waals surface area contributed by atoms with Crippen LogP contribution in [0.1, 0.15) is 63.7 Å². The minimum Gasteiger partial charge on any atom is -0.478 e. The van der Waals surface area contributed by atoms with Crippen molar-refractivity contribution in [1.82, 2.24) is 0 Å². The van der Waals surface area contributed by atoms with Gasteiger partial charge in [0.15, 0.2) is 0 Å². The molecule has 1 rings (SSSR count). The molecule has 0 aliphatic carbocycles. The summed E-state index contributed by atoms with van der Waals surface area (Å²) in [6.45, 7) is 8.51. The van der Waals surface area contributed by atoms with E-state index in [0.717, 1.165) is 31.7 Å². The van der Waals surface area contributed by atoms with E-state index in [1.54, 1.807) is 0 Å². The first kappa shape index (κ1) is 22.2. The van der Waals surface area contributed by atoms with E-state index in [4.69, 9.17) is 5.11 Å². The fraction of sp³-hybridized carbons (Fsp3) is 0.409. The summed E-state index contributed by atoms with van der Waals surface area (Å²) < 4.78 is 13.2. The zero-order valence-electron chi connectivity index (χ0n) is 16.1. The van der Waals surface area contributed by atoms with E-state index in [0.29, 0.717) is 10.6 Å². The summed E-state index contributed by atoms with van der Waals surface area (Å²) in [6, 6.07) is 3.91. The Labute approximate surface area is 160 Å². The van der Waals surface area contributed by atoms with Gasteiger partial charge in [-0.15, -0.1) is 11.8 Å². The van der Waals surface area contributed by atoms with Crippen LogP contribution in [-0.2, 0) is 0 Å². The SMILES string of the molecule is CC(C)=CCCC(C)=CCCC(C)=CCSc1ccc(F)cc1C(=O)O. The van der Waals surface area contributed by atoms with Gasteiger partial charge < -0.3 is 5.11 Å². The average molecular weight is 377 g/mol. The number of aromatic carboxylic acids is 1. The van der Waals surface area contributed by atoms with Crippen LogP contribution in [-0.4, -0.2) is 16.8 Å². The summed E-state index contributed by atoms with van der Waals surface area (Å²) in [5.41, 5.74) is 4.09. The summed E-state index contributed by atoms with van der Waals surface area (Å²) in [4.78, 5) is 11.8. The molecule has 0 radical (unpaired) electrons. The smallest absolute Gasteiger partial charge is 0.336 e. The fourth-order valence-corrected chi connectivity index (χ4v) is 3.42.